The number of aliphatic hydroxyl groups is 1. The number of hydrogen-bond donors (Lipinski definition) is 2. The Morgan fingerprint density at radius 1 is 1.52 bits per heavy atom. The first-order valence-corrected chi connectivity index (χ1v) is 7.67. The Balaban J connectivity index is 1.91. The molecule has 0 saturated heterocycles. The van der Waals surface area contributed by atoms with E-state index >= 15 is 0 Å². The fourth-order valence-corrected chi connectivity index (χ4v) is 2.97. The molecule has 0 spiro atoms. The summed E-state index contributed by atoms with van der Waals surface area (Å²) in [4.78, 5) is 13.8. The Morgan fingerprint density at radius 3 is 2.83 bits per heavy atom. The maximum Gasteiger partial charge on any atom is 0.387 e. The van der Waals surface area contributed by atoms with Crippen molar-refractivity contribution in [2.24, 2.45) is 0 Å². The van der Waals surface area contributed by atoms with Crippen LogP contribution in [0, 0.1) is 0 Å². The highest BCUT2D eigenvalue weighted by Crippen LogP contribution is 2.29. The Hall–Kier alpha value is -1.44. The van der Waals surface area contributed by atoms with E-state index in [1.807, 2.05) is 4.90 Å². The third-order valence-electron chi connectivity index (χ3n) is 3.83. The number of aliphatic hydroxyl groups excluding tert-OH is 1. The lowest BCUT2D eigenvalue weighted by molar-refractivity contribution is -0.117. The molecule has 0 heterocycles. The van der Waals surface area contributed by atoms with E-state index in [0.29, 0.717) is 5.69 Å². The van der Waals surface area contributed by atoms with E-state index in [-0.39, 0.29) is 29.3 Å². The first kappa shape index (κ1) is 17.9. The van der Waals surface area contributed by atoms with Crippen LogP contribution in [0.2, 0.25) is 5.02 Å². The molecule has 1 aliphatic carbocycles. The second-order valence-electron chi connectivity index (χ2n) is 5.55. The van der Waals surface area contributed by atoms with Gasteiger partial charge >= 0.3 is 6.61 Å². The molecule has 0 bridgehead atoms. The molecule has 0 unspecified atom stereocenters. The van der Waals surface area contributed by atoms with Crippen molar-refractivity contribution in [1.29, 1.82) is 0 Å². The molecule has 0 radical (unpaired) electrons. The van der Waals surface area contributed by atoms with Crippen LogP contribution in [-0.2, 0) is 4.79 Å². The third kappa shape index (κ3) is 5.02. The number of amides is 1. The van der Waals surface area contributed by atoms with Crippen LogP contribution in [-0.4, -0.2) is 48.3 Å². The van der Waals surface area contributed by atoms with Gasteiger partial charge in [-0.15, -0.1) is 0 Å². The number of likely N-dealkylation sites (N-methyl/N-ethyl adjacent to an activating group) is 1. The van der Waals surface area contributed by atoms with Crippen molar-refractivity contribution < 1.29 is 23.4 Å². The van der Waals surface area contributed by atoms with Gasteiger partial charge in [0.15, 0.2) is 0 Å². The molecule has 5 nitrogen and oxygen atoms in total. The summed E-state index contributed by atoms with van der Waals surface area (Å²) in [7, 11) is 1.78. The van der Waals surface area contributed by atoms with Gasteiger partial charge in [-0.2, -0.15) is 8.78 Å². The molecule has 1 aromatic carbocycles. The zero-order valence-electron chi connectivity index (χ0n) is 12.6. The molecule has 0 aromatic heterocycles. The van der Waals surface area contributed by atoms with E-state index in [1.165, 1.54) is 18.2 Å². The van der Waals surface area contributed by atoms with Crippen molar-refractivity contribution in [3.05, 3.63) is 23.2 Å². The van der Waals surface area contributed by atoms with Crippen molar-refractivity contribution in [1.82, 2.24) is 4.90 Å². The Bertz CT molecular complexity index is 560. The summed E-state index contributed by atoms with van der Waals surface area (Å²) >= 11 is 5.83. The Morgan fingerprint density at radius 2 is 2.26 bits per heavy atom. The van der Waals surface area contributed by atoms with E-state index in [0.717, 1.165) is 19.3 Å². The van der Waals surface area contributed by atoms with Gasteiger partial charge in [-0.1, -0.05) is 11.6 Å². The molecule has 1 aromatic rings. The van der Waals surface area contributed by atoms with Gasteiger partial charge < -0.3 is 15.2 Å². The number of carbonyl (C=O) groups excluding carboxylic acids is 1. The predicted molar refractivity (Wildman–Crippen MR) is 83.0 cm³/mol. The number of rotatable bonds is 6. The number of nitrogens with one attached hydrogen (secondary N) is 1. The summed E-state index contributed by atoms with van der Waals surface area (Å²) in [5, 5.41) is 12.5. The van der Waals surface area contributed by atoms with Gasteiger partial charge in [-0.25, -0.2) is 0 Å². The molecule has 2 atom stereocenters. The number of anilines is 1. The zero-order chi connectivity index (χ0) is 17.0. The van der Waals surface area contributed by atoms with Gasteiger partial charge in [0.2, 0.25) is 5.91 Å². The van der Waals surface area contributed by atoms with E-state index < -0.39 is 12.7 Å². The lowest BCUT2D eigenvalue weighted by Crippen LogP contribution is -2.41. The fourth-order valence-electron chi connectivity index (χ4n) is 2.75. The maximum absolute atomic E-state index is 12.2. The fraction of sp³-hybridized carbons (Fsp3) is 0.533. The van der Waals surface area contributed by atoms with Gasteiger partial charge in [-0.05, 0) is 44.5 Å². The lowest BCUT2D eigenvalue weighted by Gasteiger charge is -2.26. The van der Waals surface area contributed by atoms with Crippen molar-refractivity contribution in [3.63, 3.8) is 0 Å². The number of nitrogens with zero attached hydrogens (tertiary/aromatic N) is 1. The first-order chi connectivity index (χ1) is 10.9. The molecule has 2 N–H and O–H groups in total. The maximum atomic E-state index is 12.2. The number of halogens is 3. The summed E-state index contributed by atoms with van der Waals surface area (Å²) in [6.07, 6.45) is 2.14. The smallest absolute Gasteiger partial charge is 0.387 e. The predicted octanol–water partition coefficient (Wildman–Crippen LogP) is 2.73. The first-order valence-electron chi connectivity index (χ1n) is 7.29. The number of carbonyl (C=O) groups is 1. The largest absolute Gasteiger partial charge is 0.433 e. The normalized spacial score (nSPS) is 21.0. The zero-order valence-corrected chi connectivity index (χ0v) is 13.4. The van der Waals surface area contributed by atoms with Crippen LogP contribution in [0.1, 0.15) is 19.3 Å². The summed E-state index contributed by atoms with van der Waals surface area (Å²) in [6, 6.07) is 4.04. The van der Waals surface area contributed by atoms with Crippen LogP contribution in [0.25, 0.3) is 0 Å². The Kier molecular flexibility index (Phi) is 6.15. The van der Waals surface area contributed by atoms with E-state index in [2.05, 4.69) is 10.1 Å². The van der Waals surface area contributed by atoms with Crippen LogP contribution in [0.15, 0.2) is 18.2 Å². The molecular weight excluding hydrogens is 330 g/mol. The molecule has 2 rings (SSSR count). The minimum Gasteiger partial charge on any atom is -0.433 e. The minimum absolute atomic E-state index is 0.0114. The monoisotopic (exact) mass is 348 g/mol. The standard InChI is InChI=1S/C15H19ClF2N2O3/c1-20(11-3-2-4-12(11)21)8-14(22)19-9-5-6-13(10(16)7-9)23-15(17)18/h5-7,11-12,15,21H,2-4,8H2,1H3,(H,19,22)/t11-,12+/m1/s1. The molecule has 1 aliphatic rings. The molecule has 23 heavy (non-hydrogen) atoms. The van der Waals surface area contributed by atoms with E-state index in [4.69, 9.17) is 11.6 Å². The molecular formula is C15H19ClF2N2O3. The summed E-state index contributed by atoms with van der Waals surface area (Å²) in [5.41, 5.74) is 0.391. The van der Waals surface area contributed by atoms with Crippen molar-refractivity contribution in [2.75, 3.05) is 18.9 Å². The van der Waals surface area contributed by atoms with Gasteiger partial charge in [0.25, 0.3) is 0 Å². The quantitative estimate of drug-likeness (QED) is 0.830. The van der Waals surface area contributed by atoms with Gasteiger partial charge in [0.05, 0.1) is 17.7 Å². The second kappa shape index (κ2) is 7.90. The Labute approximate surface area is 138 Å². The van der Waals surface area contributed by atoms with Crippen molar-refractivity contribution >= 4 is 23.2 Å². The van der Waals surface area contributed by atoms with Crippen molar-refractivity contribution in [2.45, 2.75) is 38.0 Å². The molecule has 1 amide bonds. The van der Waals surface area contributed by atoms with Gasteiger partial charge in [0, 0.05) is 11.7 Å². The summed E-state index contributed by atoms with van der Waals surface area (Å²) in [5.74, 6) is -0.420. The minimum atomic E-state index is -2.96. The average molecular weight is 349 g/mol. The average Bonchev–Trinajstić information content (AvgIpc) is 2.87. The van der Waals surface area contributed by atoms with Crippen LogP contribution in [0.5, 0.6) is 5.75 Å². The number of ether oxygens (including phenoxy) is 1. The number of alkyl halides is 2. The van der Waals surface area contributed by atoms with E-state index in [9.17, 15) is 18.7 Å². The SMILES string of the molecule is CN(CC(=O)Nc1ccc(OC(F)F)c(Cl)c1)[C@@H]1CCC[C@@H]1O. The van der Waals surface area contributed by atoms with Gasteiger partial charge in [-0.3, -0.25) is 9.69 Å². The second-order valence-corrected chi connectivity index (χ2v) is 5.96. The van der Waals surface area contributed by atoms with Crippen LogP contribution in [0.4, 0.5) is 14.5 Å². The number of hydrogen-bond acceptors (Lipinski definition) is 4. The lowest BCUT2D eigenvalue weighted by atomic mass is 10.2. The van der Waals surface area contributed by atoms with Crippen LogP contribution in [0.3, 0.4) is 0 Å². The highest BCUT2D eigenvalue weighted by molar-refractivity contribution is 6.32. The molecule has 1 fully saturated rings. The highest BCUT2D eigenvalue weighted by Gasteiger charge is 2.29. The van der Waals surface area contributed by atoms with E-state index in [1.54, 1.807) is 7.05 Å². The van der Waals surface area contributed by atoms with Crippen LogP contribution < -0.4 is 10.1 Å². The molecule has 0 aliphatic heterocycles. The van der Waals surface area contributed by atoms with Crippen LogP contribution >= 0.6 is 11.6 Å². The molecule has 128 valence electrons. The highest BCUT2D eigenvalue weighted by atomic mass is 35.5. The summed E-state index contributed by atoms with van der Waals surface area (Å²) in [6.45, 7) is -2.84. The molecule has 8 heteroatoms. The summed E-state index contributed by atoms with van der Waals surface area (Å²) < 4.78 is 28.5. The topological polar surface area (TPSA) is 61.8 Å². The van der Waals surface area contributed by atoms with Gasteiger partial charge in [0.1, 0.15) is 5.75 Å². The third-order valence-corrected chi connectivity index (χ3v) is 4.13. The van der Waals surface area contributed by atoms with Crippen molar-refractivity contribution in [3.8, 4) is 5.75 Å². The molecule has 1 saturated carbocycles. The number of benzene rings is 1.